The van der Waals surface area contributed by atoms with Gasteiger partial charge in [0.1, 0.15) is 12.0 Å². The molecule has 2 aromatic heterocycles. The predicted octanol–water partition coefficient (Wildman–Crippen LogP) is 1.87. The summed E-state index contributed by atoms with van der Waals surface area (Å²) in [5.41, 5.74) is 1.19. The zero-order valence-corrected chi connectivity index (χ0v) is 13.0. The Morgan fingerprint density at radius 2 is 2.40 bits per heavy atom. The fourth-order valence-electron chi connectivity index (χ4n) is 3.22. The highest BCUT2D eigenvalue weighted by Gasteiger charge is 2.38. The van der Waals surface area contributed by atoms with Crippen LogP contribution in [0.3, 0.4) is 0 Å². The zero-order valence-electron chi connectivity index (χ0n) is 10.8. The standard InChI is InChI=1S/C14H14IN3O2/c15-10-7-20-13-4-16-11(3-9(10)13)14(19)17-12-6-18-2-1-8(12)5-18/h3-4,7-8,12H,1-2,5-6H2,(H,17,19)/t8-,12?/m0/s1. The van der Waals surface area contributed by atoms with Crippen molar-refractivity contribution in [2.24, 2.45) is 5.92 Å². The molecule has 20 heavy (non-hydrogen) atoms. The van der Waals surface area contributed by atoms with Crippen LogP contribution in [-0.2, 0) is 0 Å². The van der Waals surface area contributed by atoms with Crippen molar-refractivity contribution in [3.05, 3.63) is 27.8 Å². The number of nitrogens with one attached hydrogen (secondary N) is 1. The van der Waals surface area contributed by atoms with Gasteiger partial charge in [0.25, 0.3) is 5.91 Å². The van der Waals surface area contributed by atoms with E-state index in [1.54, 1.807) is 12.5 Å². The normalized spacial score (nSPS) is 28.1. The highest BCUT2D eigenvalue weighted by molar-refractivity contribution is 14.1. The van der Waals surface area contributed by atoms with Crippen LogP contribution >= 0.6 is 22.6 Å². The van der Waals surface area contributed by atoms with Crippen LogP contribution in [0.25, 0.3) is 11.0 Å². The number of aromatic nitrogens is 1. The Labute approximate surface area is 129 Å². The third-order valence-electron chi connectivity index (χ3n) is 4.30. The van der Waals surface area contributed by atoms with Gasteiger partial charge < -0.3 is 14.6 Å². The monoisotopic (exact) mass is 383 g/mol. The van der Waals surface area contributed by atoms with Crippen LogP contribution in [0, 0.1) is 9.49 Å². The maximum absolute atomic E-state index is 12.3. The summed E-state index contributed by atoms with van der Waals surface area (Å²) in [6.07, 6.45) is 4.49. The first kappa shape index (κ1) is 12.6. The summed E-state index contributed by atoms with van der Waals surface area (Å²) in [4.78, 5) is 18.9. The van der Waals surface area contributed by atoms with Gasteiger partial charge in [0.2, 0.25) is 0 Å². The Hall–Kier alpha value is -1.15. The first-order chi connectivity index (χ1) is 9.70. The second-order valence-corrected chi connectivity index (χ2v) is 6.70. The molecule has 2 aliphatic heterocycles. The number of furan rings is 1. The zero-order chi connectivity index (χ0) is 13.7. The highest BCUT2D eigenvalue weighted by atomic mass is 127. The van der Waals surface area contributed by atoms with E-state index in [9.17, 15) is 4.79 Å². The minimum Gasteiger partial charge on any atom is -0.462 e. The first-order valence-electron chi connectivity index (χ1n) is 6.76. The van der Waals surface area contributed by atoms with Crippen molar-refractivity contribution < 1.29 is 9.21 Å². The maximum Gasteiger partial charge on any atom is 0.270 e. The molecule has 4 heterocycles. The van der Waals surface area contributed by atoms with Gasteiger partial charge in [-0.1, -0.05) is 0 Å². The molecule has 2 unspecified atom stereocenters. The molecule has 1 amide bonds. The van der Waals surface area contributed by atoms with E-state index in [1.807, 2.05) is 6.07 Å². The second-order valence-electron chi connectivity index (χ2n) is 5.54. The van der Waals surface area contributed by atoms with Crippen molar-refractivity contribution in [2.45, 2.75) is 12.5 Å². The smallest absolute Gasteiger partial charge is 0.270 e. The van der Waals surface area contributed by atoms with Gasteiger partial charge in [-0.2, -0.15) is 0 Å². The molecule has 4 rings (SSSR count). The van der Waals surface area contributed by atoms with E-state index in [2.05, 4.69) is 37.8 Å². The summed E-state index contributed by atoms with van der Waals surface area (Å²) in [7, 11) is 0. The van der Waals surface area contributed by atoms with Crippen molar-refractivity contribution in [1.82, 2.24) is 15.2 Å². The molecule has 0 aliphatic carbocycles. The minimum absolute atomic E-state index is 0.0809. The molecule has 5 nitrogen and oxygen atoms in total. The Bertz CT molecular complexity index is 684. The fraction of sp³-hybridized carbons (Fsp3) is 0.429. The van der Waals surface area contributed by atoms with Gasteiger partial charge >= 0.3 is 0 Å². The van der Waals surface area contributed by atoms with Gasteiger partial charge in [-0.3, -0.25) is 4.79 Å². The Balaban J connectivity index is 1.56. The topological polar surface area (TPSA) is 58.4 Å². The lowest BCUT2D eigenvalue weighted by Crippen LogP contribution is -2.43. The van der Waals surface area contributed by atoms with Gasteiger partial charge in [-0.25, -0.2) is 4.98 Å². The molecule has 2 bridgehead atoms. The predicted molar refractivity (Wildman–Crippen MR) is 82.5 cm³/mol. The molecular weight excluding hydrogens is 369 g/mol. The summed E-state index contributed by atoms with van der Waals surface area (Å²) in [5, 5.41) is 4.07. The Morgan fingerprint density at radius 1 is 1.50 bits per heavy atom. The molecule has 2 aromatic rings. The van der Waals surface area contributed by atoms with Crippen molar-refractivity contribution >= 4 is 39.5 Å². The third kappa shape index (κ3) is 2.01. The molecule has 2 fully saturated rings. The van der Waals surface area contributed by atoms with Crippen LogP contribution < -0.4 is 5.32 Å². The molecule has 0 aromatic carbocycles. The van der Waals surface area contributed by atoms with E-state index >= 15 is 0 Å². The number of fused-ring (bicyclic) bond motifs is 3. The number of rotatable bonds is 2. The minimum atomic E-state index is -0.0809. The lowest BCUT2D eigenvalue weighted by atomic mass is 10.00. The summed E-state index contributed by atoms with van der Waals surface area (Å²) < 4.78 is 6.35. The van der Waals surface area contributed by atoms with Crippen LogP contribution in [0.2, 0.25) is 0 Å². The van der Waals surface area contributed by atoms with E-state index in [4.69, 9.17) is 4.42 Å². The second kappa shape index (κ2) is 4.70. The van der Waals surface area contributed by atoms with Crippen LogP contribution in [-0.4, -0.2) is 41.5 Å². The van der Waals surface area contributed by atoms with Gasteiger partial charge in [-0.05, 0) is 47.5 Å². The first-order valence-corrected chi connectivity index (χ1v) is 7.84. The SMILES string of the molecule is O=C(NC1CN2CC[C@H]1C2)c1cc2c(I)coc2cn1. The van der Waals surface area contributed by atoms with E-state index in [0.717, 1.165) is 27.6 Å². The quantitative estimate of drug-likeness (QED) is 0.805. The molecule has 6 heteroatoms. The molecular formula is C14H14IN3O2. The summed E-state index contributed by atoms with van der Waals surface area (Å²) in [5.74, 6) is 0.527. The van der Waals surface area contributed by atoms with Crippen LogP contribution in [0.4, 0.5) is 0 Å². The maximum atomic E-state index is 12.3. The van der Waals surface area contributed by atoms with Gasteiger partial charge in [0.15, 0.2) is 5.58 Å². The number of hydrogen-bond acceptors (Lipinski definition) is 4. The molecule has 0 radical (unpaired) electrons. The molecule has 3 atom stereocenters. The number of amides is 1. The number of nitrogens with zero attached hydrogens (tertiary/aromatic N) is 2. The highest BCUT2D eigenvalue weighted by Crippen LogP contribution is 2.28. The number of carbonyl (C=O) groups excluding carboxylic acids is 1. The Kier molecular flexibility index (Phi) is 2.95. The summed E-state index contributed by atoms with van der Waals surface area (Å²) in [6.45, 7) is 3.27. The van der Waals surface area contributed by atoms with Crippen molar-refractivity contribution in [3.63, 3.8) is 0 Å². The van der Waals surface area contributed by atoms with E-state index in [1.165, 1.54) is 13.0 Å². The number of halogens is 1. The van der Waals surface area contributed by atoms with E-state index in [-0.39, 0.29) is 11.9 Å². The molecule has 104 valence electrons. The van der Waals surface area contributed by atoms with Crippen molar-refractivity contribution in [1.29, 1.82) is 0 Å². The third-order valence-corrected chi connectivity index (χ3v) is 5.13. The molecule has 1 N–H and O–H groups in total. The van der Waals surface area contributed by atoms with Gasteiger partial charge in [0, 0.05) is 24.5 Å². The van der Waals surface area contributed by atoms with Gasteiger partial charge in [-0.15, -0.1) is 0 Å². The van der Waals surface area contributed by atoms with Crippen LogP contribution in [0.5, 0.6) is 0 Å². The fourth-order valence-corrected chi connectivity index (χ4v) is 3.76. The van der Waals surface area contributed by atoms with Crippen molar-refractivity contribution in [2.75, 3.05) is 19.6 Å². The lowest BCUT2D eigenvalue weighted by molar-refractivity contribution is 0.0919. The van der Waals surface area contributed by atoms with E-state index < -0.39 is 0 Å². The summed E-state index contributed by atoms with van der Waals surface area (Å²) >= 11 is 2.20. The molecule has 2 aliphatic rings. The molecule has 0 saturated carbocycles. The average Bonchev–Trinajstić information content (AvgIpc) is 3.15. The van der Waals surface area contributed by atoms with Gasteiger partial charge in [0.05, 0.1) is 9.77 Å². The largest absolute Gasteiger partial charge is 0.462 e. The number of carbonyl (C=O) groups is 1. The number of piperidine rings is 1. The number of pyridine rings is 1. The summed E-state index contributed by atoms with van der Waals surface area (Å²) in [6, 6.07) is 2.08. The van der Waals surface area contributed by atoms with E-state index in [0.29, 0.717) is 11.6 Å². The Morgan fingerprint density at radius 3 is 3.15 bits per heavy atom. The lowest BCUT2D eigenvalue weighted by Gasteiger charge is -2.22. The number of hydrogen-bond donors (Lipinski definition) is 1. The molecule has 0 spiro atoms. The van der Waals surface area contributed by atoms with Crippen LogP contribution in [0.1, 0.15) is 16.9 Å². The van der Waals surface area contributed by atoms with Crippen molar-refractivity contribution in [3.8, 4) is 0 Å². The van der Waals surface area contributed by atoms with Crippen LogP contribution in [0.15, 0.2) is 22.9 Å². The average molecular weight is 383 g/mol. The molecule has 2 saturated heterocycles.